The van der Waals surface area contributed by atoms with Gasteiger partial charge in [0.1, 0.15) is 0 Å². The zero-order valence-electron chi connectivity index (χ0n) is 10.3. The predicted octanol–water partition coefficient (Wildman–Crippen LogP) is 1.53. The average Bonchev–Trinajstić information content (AvgIpc) is 2.85. The summed E-state index contributed by atoms with van der Waals surface area (Å²) in [5.74, 6) is -0.283. The maximum atomic E-state index is 11.3. The van der Waals surface area contributed by atoms with Crippen LogP contribution in [0.25, 0.3) is 0 Å². The second-order valence-electron chi connectivity index (χ2n) is 4.14. The van der Waals surface area contributed by atoms with Crippen LogP contribution in [0.5, 0.6) is 0 Å². The first-order valence-corrected chi connectivity index (χ1v) is 5.76. The number of carbonyl (C=O) groups is 1. The maximum Gasteiger partial charge on any atom is 0.335 e. The van der Waals surface area contributed by atoms with Gasteiger partial charge >= 0.3 is 5.97 Å². The van der Waals surface area contributed by atoms with Crippen LogP contribution in [0.4, 0.5) is 0 Å². The van der Waals surface area contributed by atoms with Crippen molar-refractivity contribution in [3.05, 3.63) is 35.9 Å². The Morgan fingerprint density at radius 3 is 2.83 bits per heavy atom. The number of nitrogens with one attached hydrogen (secondary N) is 1. The van der Waals surface area contributed by atoms with E-state index in [2.05, 4.69) is 22.2 Å². The molecule has 0 radical (unpaired) electrons. The molecular formula is C13H18ClNO3. The van der Waals surface area contributed by atoms with E-state index >= 15 is 0 Å². The van der Waals surface area contributed by atoms with Crippen LogP contribution in [0.2, 0.25) is 0 Å². The first kappa shape index (κ1) is 15.0. The Balaban J connectivity index is 0.00000162. The predicted molar refractivity (Wildman–Crippen MR) is 70.7 cm³/mol. The second-order valence-corrected chi connectivity index (χ2v) is 4.14. The van der Waals surface area contributed by atoms with E-state index in [0.717, 1.165) is 6.54 Å². The van der Waals surface area contributed by atoms with E-state index in [4.69, 9.17) is 4.74 Å². The third-order valence-corrected chi connectivity index (χ3v) is 2.90. The Hall–Kier alpha value is -1.10. The highest BCUT2D eigenvalue weighted by atomic mass is 35.5. The summed E-state index contributed by atoms with van der Waals surface area (Å²) in [5, 5.41) is 3.37. The summed E-state index contributed by atoms with van der Waals surface area (Å²) in [6.07, 6.45) is 0.271. The molecule has 0 saturated carbocycles. The van der Waals surface area contributed by atoms with Gasteiger partial charge in [0.15, 0.2) is 6.10 Å². The number of benzene rings is 1. The third-order valence-electron chi connectivity index (χ3n) is 2.90. The van der Waals surface area contributed by atoms with Crippen molar-refractivity contribution in [2.45, 2.75) is 25.1 Å². The number of methoxy groups -OCH3 is 1. The van der Waals surface area contributed by atoms with Gasteiger partial charge in [-0.25, -0.2) is 4.79 Å². The molecule has 0 spiro atoms. The molecule has 2 atom stereocenters. The van der Waals surface area contributed by atoms with Gasteiger partial charge < -0.3 is 14.8 Å². The smallest absolute Gasteiger partial charge is 0.335 e. The first-order valence-electron chi connectivity index (χ1n) is 5.76. The van der Waals surface area contributed by atoms with E-state index in [1.54, 1.807) is 0 Å². The van der Waals surface area contributed by atoms with Gasteiger partial charge in [-0.05, 0) is 5.56 Å². The minimum Gasteiger partial charge on any atom is -0.467 e. The van der Waals surface area contributed by atoms with Crippen LogP contribution in [-0.4, -0.2) is 31.8 Å². The van der Waals surface area contributed by atoms with E-state index in [-0.39, 0.29) is 24.4 Å². The molecule has 0 aromatic heterocycles. The summed E-state index contributed by atoms with van der Waals surface area (Å²) >= 11 is 0. The number of hydrogen-bond acceptors (Lipinski definition) is 4. The minimum atomic E-state index is -0.409. The molecule has 1 aromatic carbocycles. The molecule has 1 aliphatic heterocycles. The lowest BCUT2D eigenvalue weighted by Crippen LogP contribution is -2.29. The Bertz CT molecular complexity index is 372. The standard InChI is InChI=1S/C13H17NO3.ClH/c1-16-13(15)12-7-11(9-17-12)14-8-10-5-3-2-4-6-10;/h2-6,11-12,14H,7-9H2,1H3;1H/t11-,12-;/m1./s1. The van der Waals surface area contributed by atoms with Crippen LogP contribution in [-0.2, 0) is 20.8 Å². The fourth-order valence-electron chi connectivity index (χ4n) is 1.92. The first-order chi connectivity index (χ1) is 8.29. The molecule has 100 valence electrons. The summed E-state index contributed by atoms with van der Waals surface area (Å²) < 4.78 is 10.0. The Labute approximate surface area is 113 Å². The quantitative estimate of drug-likeness (QED) is 0.844. The van der Waals surface area contributed by atoms with Crippen molar-refractivity contribution in [2.24, 2.45) is 0 Å². The lowest BCUT2D eigenvalue weighted by atomic mass is 10.1. The second kappa shape index (κ2) is 7.36. The summed E-state index contributed by atoms with van der Waals surface area (Å²) in [6, 6.07) is 10.4. The molecule has 1 aliphatic rings. The summed E-state index contributed by atoms with van der Waals surface area (Å²) in [6.45, 7) is 1.36. The van der Waals surface area contributed by atoms with Crippen molar-refractivity contribution in [3.8, 4) is 0 Å². The Morgan fingerprint density at radius 1 is 1.44 bits per heavy atom. The molecule has 1 aromatic rings. The minimum absolute atomic E-state index is 0. The van der Waals surface area contributed by atoms with Gasteiger partial charge in [-0.3, -0.25) is 0 Å². The topological polar surface area (TPSA) is 47.6 Å². The van der Waals surface area contributed by atoms with Gasteiger partial charge in [-0.1, -0.05) is 30.3 Å². The Kier molecular flexibility index (Phi) is 6.12. The lowest BCUT2D eigenvalue weighted by molar-refractivity contribution is -0.151. The van der Waals surface area contributed by atoms with Crippen LogP contribution in [0, 0.1) is 0 Å². The molecule has 2 rings (SSSR count). The van der Waals surface area contributed by atoms with Crippen LogP contribution >= 0.6 is 12.4 Å². The molecule has 5 heteroatoms. The van der Waals surface area contributed by atoms with Crippen LogP contribution in [0.3, 0.4) is 0 Å². The normalized spacial score (nSPS) is 22.3. The van der Waals surface area contributed by atoms with Crippen LogP contribution in [0.15, 0.2) is 30.3 Å². The molecule has 0 amide bonds. The number of ether oxygens (including phenoxy) is 2. The molecule has 4 nitrogen and oxygen atoms in total. The Morgan fingerprint density at radius 2 is 2.17 bits per heavy atom. The summed E-state index contributed by atoms with van der Waals surface area (Å²) in [4.78, 5) is 11.3. The maximum absolute atomic E-state index is 11.3. The van der Waals surface area contributed by atoms with Gasteiger partial charge in [0, 0.05) is 19.0 Å². The fraction of sp³-hybridized carbons (Fsp3) is 0.462. The largest absolute Gasteiger partial charge is 0.467 e. The van der Waals surface area contributed by atoms with Crippen molar-refractivity contribution in [3.63, 3.8) is 0 Å². The number of esters is 1. The SMILES string of the molecule is COC(=O)[C@H]1C[C@@H](NCc2ccccc2)CO1.Cl. The highest BCUT2D eigenvalue weighted by molar-refractivity contribution is 5.85. The number of rotatable bonds is 4. The third kappa shape index (κ3) is 3.98. The van der Waals surface area contributed by atoms with E-state index < -0.39 is 6.10 Å². The van der Waals surface area contributed by atoms with Gasteiger partial charge in [0.25, 0.3) is 0 Å². The van der Waals surface area contributed by atoms with Crippen LogP contribution < -0.4 is 5.32 Å². The molecular weight excluding hydrogens is 254 g/mol. The zero-order valence-corrected chi connectivity index (χ0v) is 11.1. The average molecular weight is 272 g/mol. The zero-order chi connectivity index (χ0) is 12.1. The molecule has 0 bridgehead atoms. The van der Waals surface area contributed by atoms with Gasteiger partial charge in [-0.15, -0.1) is 12.4 Å². The highest BCUT2D eigenvalue weighted by Gasteiger charge is 2.31. The number of hydrogen-bond donors (Lipinski definition) is 1. The molecule has 1 N–H and O–H groups in total. The fourth-order valence-corrected chi connectivity index (χ4v) is 1.92. The van der Waals surface area contributed by atoms with Gasteiger partial charge in [0.2, 0.25) is 0 Å². The van der Waals surface area contributed by atoms with Crippen molar-refractivity contribution < 1.29 is 14.3 Å². The lowest BCUT2D eigenvalue weighted by Gasteiger charge is -2.10. The van der Waals surface area contributed by atoms with Gasteiger partial charge in [0.05, 0.1) is 13.7 Å². The molecule has 0 aliphatic carbocycles. The van der Waals surface area contributed by atoms with E-state index in [0.29, 0.717) is 13.0 Å². The monoisotopic (exact) mass is 271 g/mol. The molecule has 18 heavy (non-hydrogen) atoms. The molecule has 1 heterocycles. The van der Waals surface area contributed by atoms with Crippen molar-refractivity contribution in [2.75, 3.05) is 13.7 Å². The summed E-state index contributed by atoms with van der Waals surface area (Å²) in [7, 11) is 1.39. The van der Waals surface area contributed by atoms with Crippen LogP contribution in [0.1, 0.15) is 12.0 Å². The van der Waals surface area contributed by atoms with Crippen molar-refractivity contribution >= 4 is 18.4 Å². The molecule has 1 fully saturated rings. The van der Waals surface area contributed by atoms with E-state index in [1.165, 1.54) is 12.7 Å². The van der Waals surface area contributed by atoms with E-state index in [9.17, 15) is 4.79 Å². The van der Waals surface area contributed by atoms with Gasteiger partial charge in [-0.2, -0.15) is 0 Å². The summed E-state index contributed by atoms with van der Waals surface area (Å²) in [5.41, 5.74) is 1.23. The highest BCUT2D eigenvalue weighted by Crippen LogP contribution is 2.15. The van der Waals surface area contributed by atoms with Crippen molar-refractivity contribution in [1.82, 2.24) is 5.32 Å². The number of carbonyl (C=O) groups excluding carboxylic acids is 1. The van der Waals surface area contributed by atoms with E-state index in [1.807, 2.05) is 18.2 Å². The molecule has 0 unspecified atom stereocenters. The molecule has 1 saturated heterocycles. The van der Waals surface area contributed by atoms with Crippen molar-refractivity contribution in [1.29, 1.82) is 0 Å². The number of halogens is 1.